The number of benzene rings is 1. The minimum absolute atomic E-state index is 0.00475. The molecule has 1 aromatic carbocycles. The van der Waals surface area contributed by atoms with Crippen LogP contribution in [0.25, 0.3) is 10.8 Å². The molecule has 0 radical (unpaired) electrons. The maximum Gasteiger partial charge on any atom is 0.274 e. The predicted octanol–water partition coefficient (Wildman–Crippen LogP) is 4.52. The molecule has 5 nitrogen and oxygen atoms in total. The molecule has 1 aliphatic carbocycles. The van der Waals surface area contributed by atoms with Crippen molar-refractivity contribution in [1.82, 2.24) is 9.88 Å². The summed E-state index contributed by atoms with van der Waals surface area (Å²) in [7, 11) is 1.65. The molecular weight excluding hydrogens is 348 g/mol. The van der Waals surface area contributed by atoms with Gasteiger partial charge in [-0.25, -0.2) is 4.98 Å². The molecule has 3 aromatic rings. The van der Waals surface area contributed by atoms with Crippen LogP contribution in [0.5, 0.6) is 5.75 Å². The first-order chi connectivity index (χ1) is 12.7. The van der Waals surface area contributed by atoms with Gasteiger partial charge < -0.3 is 14.1 Å². The smallest absolute Gasteiger partial charge is 0.274 e. The summed E-state index contributed by atoms with van der Waals surface area (Å²) in [6.07, 6.45) is 3.72. The summed E-state index contributed by atoms with van der Waals surface area (Å²) in [6, 6.07) is 11.9. The van der Waals surface area contributed by atoms with Gasteiger partial charge in [-0.05, 0) is 49.6 Å². The van der Waals surface area contributed by atoms with Gasteiger partial charge in [0, 0.05) is 17.5 Å². The van der Waals surface area contributed by atoms with Gasteiger partial charge in [-0.2, -0.15) is 0 Å². The van der Waals surface area contributed by atoms with Crippen molar-refractivity contribution in [2.24, 2.45) is 0 Å². The van der Waals surface area contributed by atoms with Gasteiger partial charge in [-0.3, -0.25) is 4.79 Å². The van der Waals surface area contributed by atoms with Crippen LogP contribution in [-0.4, -0.2) is 28.9 Å². The summed E-state index contributed by atoms with van der Waals surface area (Å²) in [5, 5.41) is 0.746. The highest BCUT2D eigenvalue weighted by atomic mass is 32.1. The molecule has 1 fully saturated rings. The molecule has 2 aromatic heterocycles. The molecule has 0 spiro atoms. The fourth-order valence-corrected chi connectivity index (χ4v) is 3.79. The Labute approximate surface area is 156 Å². The Morgan fingerprint density at radius 1 is 1.31 bits per heavy atom. The lowest BCUT2D eigenvalue weighted by atomic mass is 10.2. The molecular formula is C20H20N2O3S. The first-order valence-electron chi connectivity index (χ1n) is 8.61. The zero-order valence-electron chi connectivity index (χ0n) is 14.8. The van der Waals surface area contributed by atoms with Crippen molar-refractivity contribution in [2.45, 2.75) is 32.4 Å². The van der Waals surface area contributed by atoms with E-state index in [0.717, 1.165) is 34.0 Å². The molecule has 0 atom stereocenters. The highest BCUT2D eigenvalue weighted by molar-refractivity contribution is 7.15. The van der Waals surface area contributed by atoms with Crippen molar-refractivity contribution in [3.8, 4) is 16.5 Å². The summed E-state index contributed by atoms with van der Waals surface area (Å²) in [4.78, 5) is 20.6. The third kappa shape index (κ3) is 3.37. The van der Waals surface area contributed by atoms with E-state index >= 15 is 0 Å². The summed E-state index contributed by atoms with van der Waals surface area (Å²) in [6.45, 7) is 2.52. The van der Waals surface area contributed by atoms with Crippen molar-refractivity contribution in [3.05, 3.63) is 58.8 Å². The molecule has 1 aliphatic rings. The number of rotatable bonds is 6. The number of carbonyl (C=O) groups is 1. The number of thiazole rings is 1. The van der Waals surface area contributed by atoms with Crippen LogP contribution in [0.3, 0.4) is 0 Å². The van der Waals surface area contributed by atoms with E-state index in [2.05, 4.69) is 4.98 Å². The number of nitrogens with zero attached hydrogens (tertiary/aromatic N) is 2. The highest BCUT2D eigenvalue weighted by Gasteiger charge is 2.35. The van der Waals surface area contributed by atoms with E-state index in [9.17, 15) is 4.79 Å². The average molecular weight is 368 g/mol. The number of methoxy groups -OCH3 is 1. The largest absolute Gasteiger partial charge is 0.497 e. The molecule has 1 saturated carbocycles. The lowest BCUT2D eigenvalue weighted by Gasteiger charge is -2.22. The number of hydrogen-bond acceptors (Lipinski definition) is 5. The molecule has 2 heterocycles. The quantitative estimate of drug-likeness (QED) is 0.642. The molecule has 134 valence electrons. The molecule has 0 N–H and O–H groups in total. The fourth-order valence-electron chi connectivity index (χ4n) is 2.92. The molecule has 0 saturated heterocycles. The maximum absolute atomic E-state index is 13.2. The van der Waals surface area contributed by atoms with Crippen LogP contribution in [0.4, 0.5) is 0 Å². The van der Waals surface area contributed by atoms with Gasteiger partial charge in [-0.15, -0.1) is 11.3 Å². The van der Waals surface area contributed by atoms with Crippen molar-refractivity contribution < 1.29 is 13.9 Å². The molecule has 0 aliphatic heterocycles. The molecule has 1 amide bonds. The van der Waals surface area contributed by atoms with Gasteiger partial charge in [0.25, 0.3) is 5.91 Å². The van der Waals surface area contributed by atoms with Gasteiger partial charge in [-0.1, -0.05) is 12.1 Å². The Balaban J connectivity index is 1.57. The molecule has 0 unspecified atom stereocenters. The van der Waals surface area contributed by atoms with Crippen molar-refractivity contribution in [3.63, 3.8) is 0 Å². The van der Waals surface area contributed by atoms with Gasteiger partial charge in [0.2, 0.25) is 0 Å². The third-order valence-corrected chi connectivity index (χ3v) is 5.48. The molecule has 6 heteroatoms. The maximum atomic E-state index is 13.2. The van der Waals surface area contributed by atoms with E-state index in [1.54, 1.807) is 13.4 Å². The summed E-state index contributed by atoms with van der Waals surface area (Å²) >= 11 is 1.49. The van der Waals surface area contributed by atoms with Crippen LogP contribution in [0.1, 0.15) is 33.8 Å². The Hall–Kier alpha value is -2.60. The van der Waals surface area contributed by atoms with E-state index in [-0.39, 0.29) is 5.91 Å². The Bertz CT molecular complexity index is 896. The lowest BCUT2D eigenvalue weighted by Crippen LogP contribution is -2.33. The second kappa shape index (κ2) is 6.96. The zero-order valence-corrected chi connectivity index (χ0v) is 15.6. The van der Waals surface area contributed by atoms with Gasteiger partial charge in [0.15, 0.2) is 10.8 Å². The first kappa shape index (κ1) is 16.8. The summed E-state index contributed by atoms with van der Waals surface area (Å²) in [5.74, 6) is 1.51. The zero-order chi connectivity index (χ0) is 18.1. The van der Waals surface area contributed by atoms with E-state index in [4.69, 9.17) is 9.15 Å². The number of hydrogen-bond donors (Lipinski definition) is 0. The molecule has 4 rings (SSSR count). The van der Waals surface area contributed by atoms with Crippen LogP contribution in [-0.2, 0) is 6.54 Å². The third-order valence-electron chi connectivity index (χ3n) is 4.49. The predicted molar refractivity (Wildman–Crippen MR) is 100 cm³/mol. The topological polar surface area (TPSA) is 55.6 Å². The van der Waals surface area contributed by atoms with Crippen LogP contribution in [0.15, 0.2) is 47.1 Å². The van der Waals surface area contributed by atoms with E-state index in [1.165, 1.54) is 11.3 Å². The van der Waals surface area contributed by atoms with Crippen LogP contribution >= 0.6 is 11.3 Å². The van der Waals surface area contributed by atoms with Crippen LogP contribution in [0, 0.1) is 6.92 Å². The van der Waals surface area contributed by atoms with Gasteiger partial charge >= 0.3 is 0 Å². The van der Waals surface area contributed by atoms with Gasteiger partial charge in [0.1, 0.15) is 11.4 Å². The van der Waals surface area contributed by atoms with E-state index < -0.39 is 0 Å². The standard InChI is InChI=1S/C20H20N2O3S/c1-13-18(21-19(26-13)17-4-3-11-25-17)20(23)22(15-7-8-15)12-14-5-9-16(24-2)10-6-14/h3-6,9-11,15H,7-8,12H2,1-2H3. The second-order valence-electron chi connectivity index (χ2n) is 6.41. The van der Waals surface area contributed by atoms with Crippen molar-refractivity contribution >= 4 is 17.2 Å². The second-order valence-corrected chi connectivity index (χ2v) is 7.62. The first-order valence-corrected chi connectivity index (χ1v) is 9.42. The number of aromatic nitrogens is 1. The Kier molecular flexibility index (Phi) is 4.51. The normalized spacial score (nSPS) is 13.6. The number of aryl methyl sites for hydroxylation is 1. The lowest BCUT2D eigenvalue weighted by molar-refractivity contribution is 0.0724. The Morgan fingerprint density at radius 3 is 2.69 bits per heavy atom. The highest BCUT2D eigenvalue weighted by Crippen LogP contribution is 2.33. The van der Waals surface area contributed by atoms with Crippen molar-refractivity contribution in [1.29, 1.82) is 0 Å². The summed E-state index contributed by atoms with van der Waals surface area (Å²) < 4.78 is 10.6. The minimum Gasteiger partial charge on any atom is -0.497 e. The SMILES string of the molecule is COc1ccc(CN(C(=O)c2nc(-c3ccco3)sc2C)C2CC2)cc1. The van der Waals surface area contributed by atoms with E-state index in [1.807, 2.05) is 48.2 Å². The number of amides is 1. The summed E-state index contributed by atoms with van der Waals surface area (Å²) in [5.41, 5.74) is 1.62. The van der Waals surface area contributed by atoms with Crippen LogP contribution in [0.2, 0.25) is 0 Å². The van der Waals surface area contributed by atoms with Crippen molar-refractivity contribution in [2.75, 3.05) is 7.11 Å². The number of furan rings is 1. The van der Waals surface area contributed by atoms with Gasteiger partial charge in [0.05, 0.1) is 13.4 Å². The minimum atomic E-state index is -0.00475. The molecule has 0 bridgehead atoms. The fraction of sp³-hybridized carbons (Fsp3) is 0.300. The molecule has 26 heavy (non-hydrogen) atoms. The Morgan fingerprint density at radius 2 is 2.08 bits per heavy atom. The number of carbonyl (C=O) groups excluding carboxylic acids is 1. The monoisotopic (exact) mass is 368 g/mol. The number of ether oxygens (including phenoxy) is 1. The van der Waals surface area contributed by atoms with Crippen LogP contribution < -0.4 is 4.74 Å². The average Bonchev–Trinajstić information content (AvgIpc) is 3.19. The van der Waals surface area contributed by atoms with E-state index in [0.29, 0.717) is 24.0 Å².